The van der Waals surface area contributed by atoms with Crippen molar-refractivity contribution in [1.29, 1.82) is 0 Å². The van der Waals surface area contributed by atoms with Crippen LogP contribution in [0.4, 0.5) is 0 Å². The van der Waals surface area contributed by atoms with Crippen LogP contribution in [0.15, 0.2) is 0 Å². The molecule has 3 heteroatoms. The number of aliphatic hydroxyl groups is 1. The Morgan fingerprint density at radius 2 is 1.81 bits per heavy atom. The molecule has 1 N–H and O–H groups in total. The van der Waals surface area contributed by atoms with E-state index in [9.17, 15) is 5.11 Å². The SMILES string of the molecule is CCN(CC)C(CC)(CC)C(O)C1CCOC2(CCC2)C1. The topological polar surface area (TPSA) is 32.7 Å². The van der Waals surface area contributed by atoms with E-state index in [4.69, 9.17) is 4.74 Å². The molecule has 1 spiro atoms. The van der Waals surface area contributed by atoms with Gasteiger partial charge in [0, 0.05) is 12.1 Å². The van der Waals surface area contributed by atoms with Gasteiger partial charge in [-0.05, 0) is 64.0 Å². The molecule has 0 aromatic heterocycles. The summed E-state index contributed by atoms with van der Waals surface area (Å²) in [5.41, 5.74) is 0.0663. The maximum absolute atomic E-state index is 11.3. The van der Waals surface area contributed by atoms with Crippen LogP contribution in [0.3, 0.4) is 0 Å². The van der Waals surface area contributed by atoms with E-state index in [1.54, 1.807) is 0 Å². The zero-order valence-electron chi connectivity index (χ0n) is 14.5. The Kier molecular flexibility index (Phi) is 5.72. The molecule has 0 amide bonds. The second kappa shape index (κ2) is 6.97. The first-order valence-corrected chi connectivity index (χ1v) is 9.14. The second-order valence-electron chi connectivity index (χ2n) is 7.07. The highest BCUT2D eigenvalue weighted by Gasteiger charge is 2.49. The number of ether oxygens (including phenoxy) is 1. The minimum atomic E-state index is -0.228. The van der Waals surface area contributed by atoms with Gasteiger partial charge in [0.25, 0.3) is 0 Å². The quantitative estimate of drug-likeness (QED) is 0.779. The fourth-order valence-corrected chi connectivity index (χ4v) is 4.85. The lowest BCUT2D eigenvalue weighted by molar-refractivity contribution is -0.173. The van der Waals surface area contributed by atoms with Crippen molar-refractivity contribution in [2.75, 3.05) is 19.7 Å². The smallest absolute Gasteiger partial charge is 0.0753 e. The molecule has 0 aromatic rings. The normalized spacial score (nSPS) is 26.9. The third-order valence-electron chi connectivity index (χ3n) is 6.41. The minimum absolute atomic E-state index is 0.0591. The Labute approximate surface area is 131 Å². The predicted octanol–water partition coefficient (Wildman–Crippen LogP) is 3.60. The van der Waals surface area contributed by atoms with Gasteiger partial charge in [0.15, 0.2) is 0 Å². The fraction of sp³-hybridized carbons (Fsp3) is 1.00. The summed E-state index contributed by atoms with van der Waals surface area (Å²) in [5, 5.41) is 11.3. The van der Waals surface area contributed by atoms with Gasteiger partial charge in [0.2, 0.25) is 0 Å². The largest absolute Gasteiger partial charge is 0.391 e. The molecule has 2 fully saturated rings. The maximum atomic E-state index is 11.3. The molecule has 1 aliphatic carbocycles. The molecule has 2 aliphatic rings. The minimum Gasteiger partial charge on any atom is -0.391 e. The first kappa shape index (κ1) is 17.2. The summed E-state index contributed by atoms with van der Waals surface area (Å²) in [5.74, 6) is 0.402. The van der Waals surface area contributed by atoms with Crippen molar-refractivity contribution in [2.24, 2.45) is 5.92 Å². The highest BCUT2D eigenvalue weighted by molar-refractivity contribution is 5.02. The number of nitrogens with zero attached hydrogens (tertiary/aromatic N) is 1. The molecule has 0 aromatic carbocycles. The summed E-state index contributed by atoms with van der Waals surface area (Å²) in [6, 6.07) is 0. The number of likely N-dealkylation sites (N-methyl/N-ethyl adjacent to an activating group) is 1. The van der Waals surface area contributed by atoms with Crippen molar-refractivity contribution in [3.05, 3.63) is 0 Å². The van der Waals surface area contributed by atoms with Gasteiger partial charge in [-0.3, -0.25) is 4.90 Å². The van der Waals surface area contributed by atoms with E-state index >= 15 is 0 Å². The van der Waals surface area contributed by atoms with E-state index in [0.717, 1.165) is 45.4 Å². The lowest BCUT2D eigenvalue weighted by Crippen LogP contribution is -2.60. The number of hydrogen-bond acceptors (Lipinski definition) is 3. The third-order valence-corrected chi connectivity index (χ3v) is 6.41. The zero-order chi connectivity index (χ0) is 15.5. The Morgan fingerprint density at radius 3 is 2.24 bits per heavy atom. The van der Waals surface area contributed by atoms with Crippen molar-refractivity contribution >= 4 is 0 Å². The molecule has 0 radical (unpaired) electrons. The van der Waals surface area contributed by atoms with Crippen LogP contribution in [0.25, 0.3) is 0 Å². The van der Waals surface area contributed by atoms with Crippen molar-refractivity contribution in [2.45, 2.75) is 89.9 Å². The van der Waals surface area contributed by atoms with Gasteiger partial charge in [-0.1, -0.05) is 27.7 Å². The summed E-state index contributed by atoms with van der Waals surface area (Å²) in [7, 11) is 0. The highest BCUT2D eigenvalue weighted by Crippen LogP contribution is 2.47. The molecular formula is C18H35NO2. The van der Waals surface area contributed by atoms with Gasteiger partial charge in [0.1, 0.15) is 0 Å². The molecule has 21 heavy (non-hydrogen) atoms. The van der Waals surface area contributed by atoms with E-state index in [2.05, 4.69) is 32.6 Å². The van der Waals surface area contributed by atoms with Crippen molar-refractivity contribution in [3.8, 4) is 0 Å². The molecule has 0 bridgehead atoms. The Hall–Kier alpha value is -0.120. The summed E-state index contributed by atoms with van der Waals surface area (Å²) in [6.45, 7) is 11.8. The molecule has 1 saturated carbocycles. The van der Waals surface area contributed by atoms with Gasteiger partial charge >= 0.3 is 0 Å². The summed E-state index contributed by atoms with van der Waals surface area (Å²) in [6.07, 6.45) is 7.61. The lowest BCUT2D eigenvalue weighted by atomic mass is 9.67. The summed E-state index contributed by atoms with van der Waals surface area (Å²) < 4.78 is 6.05. The van der Waals surface area contributed by atoms with E-state index in [0.29, 0.717) is 5.92 Å². The highest BCUT2D eigenvalue weighted by atomic mass is 16.5. The van der Waals surface area contributed by atoms with E-state index in [1.807, 2.05) is 0 Å². The van der Waals surface area contributed by atoms with Crippen LogP contribution < -0.4 is 0 Å². The molecule has 1 aliphatic heterocycles. The van der Waals surface area contributed by atoms with Crippen molar-refractivity contribution in [3.63, 3.8) is 0 Å². The molecule has 124 valence electrons. The lowest BCUT2D eigenvalue weighted by Gasteiger charge is -2.53. The standard InChI is InChI=1S/C18H35NO2/c1-5-18(6-2,19(7-3)8-4)16(20)15-10-13-21-17(14-15)11-9-12-17/h15-16,20H,5-14H2,1-4H3. The maximum Gasteiger partial charge on any atom is 0.0753 e. The molecule has 1 heterocycles. The van der Waals surface area contributed by atoms with Gasteiger partial charge in [0.05, 0.1) is 11.7 Å². The second-order valence-corrected chi connectivity index (χ2v) is 7.07. The zero-order valence-corrected chi connectivity index (χ0v) is 14.5. The van der Waals surface area contributed by atoms with Gasteiger partial charge in [-0.15, -0.1) is 0 Å². The summed E-state index contributed by atoms with van der Waals surface area (Å²) >= 11 is 0. The number of hydrogen-bond donors (Lipinski definition) is 1. The monoisotopic (exact) mass is 297 g/mol. The predicted molar refractivity (Wildman–Crippen MR) is 87.5 cm³/mol. The van der Waals surface area contributed by atoms with Crippen molar-refractivity contribution < 1.29 is 9.84 Å². The first-order chi connectivity index (χ1) is 10.1. The molecule has 2 unspecified atom stereocenters. The van der Waals surface area contributed by atoms with Gasteiger partial charge in [-0.2, -0.15) is 0 Å². The molecule has 3 nitrogen and oxygen atoms in total. The van der Waals surface area contributed by atoms with E-state index in [1.165, 1.54) is 19.3 Å². The van der Waals surface area contributed by atoms with Gasteiger partial charge < -0.3 is 9.84 Å². The van der Waals surface area contributed by atoms with Crippen LogP contribution >= 0.6 is 0 Å². The fourth-order valence-electron chi connectivity index (χ4n) is 4.85. The Balaban J connectivity index is 2.15. The first-order valence-electron chi connectivity index (χ1n) is 9.14. The summed E-state index contributed by atoms with van der Waals surface area (Å²) in [4.78, 5) is 2.49. The average molecular weight is 297 g/mol. The molecule has 2 rings (SSSR count). The van der Waals surface area contributed by atoms with Crippen LogP contribution in [-0.2, 0) is 4.74 Å². The molecule has 2 atom stereocenters. The Morgan fingerprint density at radius 1 is 1.19 bits per heavy atom. The van der Waals surface area contributed by atoms with Crippen molar-refractivity contribution in [1.82, 2.24) is 4.90 Å². The van der Waals surface area contributed by atoms with Crippen LogP contribution in [0, 0.1) is 5.92 Å². The molecule has 1 saturated heterocycles. The van der Waals surface area contributed by atoms with E-state index < -0.39 is 0 Å². The van der Waals surface area contributed by atoms with Crippen LogP contribution in [0.1, 0.15) is 72.6 Å². The number of aliphatic hydroxyl groups excluding tert-OH is 1. The van der Waals surface area contributed by atoms with Crippen LogP contribution in [0.5, 0.6) is 0 Å². The molecular weight excluding hydrogens is 262 g/mol. The van der Waals surface area contributed by atoms with Gasteiger partial charge in [-0.25, -0.2) is 0 Å². The van der Waals surface area contributed by atoms with E-state index in [-0.39, 0.29) is 17.2 Å². The van der Waals surface area contributed by atoms with Crippen LogP contribution in [0.2, 0.25) is 0 Å². The third kappa shape index (κ3) is 3.02. The van der Waals surface area contributed by atoms with Crippen LogP contribution in [-0.4, -0.2) is 46.9 Å². The Bertz CT molecular complexity index is 319. The average Bonchev–Trinajstić information content (AvgIpc) is 2.50. The number of rotatable bonds is 7.